The number of carbonyl (C=O) groups excluding carboxylic acids is 3. The molecule has 0 amide bonds. The summed E-state index contributed by atoms with van der Waals surface area (Å²) in [5.74, 6) is 0.317. The molecular weight excluding hydrogens is 244 g/mol. The Bertz CT molecular complexity index is 312. The first-order chi connectivity index (χ1) is 8.27. The zero-order chi connectivity index (χ0) is 16.2. The fourth-order valence-electron chi connectivity index (χ4n) is 1.02. The number of hydrogen-bond acceptors (Lipinski definition) is 4. The van der Waals surface area contributed by atoms with Gasteiger partial charge in [0.2, 0.25) is 0 Å². The first-order valence-corrected chi connectivity index (χ1v) is 6.12. The Labute approximate surface area is 116 Å². The van der Waals surface area contributed by atoms with Crippen molar-refractivity contribution in [3.63, 3.8) is 0 Å². The van der Waals surface area contributed by atoms with Crippen LogP contribution in [0.2, 0.25) is 0 Å². The number of hydrogen-bond donors (Lipinski definition) is 1. The second kappa shape index (κ2) is 11.8. The number of ketones is 3. The fourth-order valence-corrected chi connectivity index (χ4v) is 1.02. The molecule has 0 unspecified atom stereocenters. The Morgan fingerprint density at radius 2 is 1.26 bits per heavy atom. The van der Waals surface area contributed by atoms with Gasteiger partial charge in [-0.3, -0.25) is 9.59 Å². The molecule has 0 aliphatic carbocycles. The summed E-state index contributed by atoms with van der Waals surface area (Å²) in [7, 11) is 0. The minimum absolute atomic E-state index is 0.0255. The van der Waals surface area contributed by atoms with Crippen LogP contribution in [0.4, 0.5) is 0 Å². The maximum atomic E-state index is 10.3. The summed E-state index contributed by atoms with van der Waals surface area (Å²) in [4.78, 5) is 29.9. The molecule has 1 N–H and O–H groups in total. The van der Waals surface area contributed by atoms with Crippen LogP contribution in [0.15, 0.2) is 11.6 Å². The molecule has 0 aliphatic rings. The number of rotatable bonds is 3. The van der Waals surface area contributed by atoms with Crippen LogP contribution in [0.25, 0.3) is 0 Å². The van der Waals surface area contributed by atoms with E-state index in [1.807, 2.05) is 13.8 Å². The molecule has 0 fully saturated rings. The Morgan fingerprint density at radius 3 is 1.26 bits per heavy atom. The molecule has 0 bridgehead atoms. The van der Waals surface area contributed by atoms with Crippen LogP contribution < -0.4 is 0 Å². The molecule has 4 heteroatoms. The van der Waals surface area contributed by atoms with Gasteiger partial charge in [0.05, 0.1) is 5.60 Å². The quantitative estimate of drug-likeness (QED) is 0.802. The molecule has 0 saturated carbocycles. The average molecular weight is 272 g/mol. The first-order valence-electron chi connectivity index (χ1n) is 6.12. The molecule has 0 saturated heterocycles. The van der Waals surface area contributed by atoms with E-state index in [-0.39, 0.29) is 23.8 Å². The average Bonchev–Trinajstić information content (AvgIpc) is 1.93. The van der Waals surface area contributed by atoms with Crippen molar-refractivity contribution in [1.29, 1.82) is 0 Å². The molecule has 19 heavy (non-hydrogen) atoms. The van der Waals surface area contributed by atoms with E-state index in [4.69, 9.17) is 5.11 Å². The highest BCUT2D eigenvalue weighted by molar-refractivity contribution is 5.87. The normalized spacial score (nSPS) is 9.11. The topological polar surface area (TPSA) is 71.4 Å². The van der Waals surface area contributed by atoms with Gasteiger partial charge in [0.15, 0.2) is 5.78 Å². The smallest absolute Gasteiger partial charge is 0.152 e. The lowest BCUT2D eigenvalue weighted by Crippen LogP contribution is -2.21. The molecule has 0 aromatic heterocycles. The molecule has 112 valence electrons. The van der Waals surface area contributed by atoms with Gasteiger partial charge in [-0.2, -0.15) is 0 Å². The molecule has 0 atom stereocenters. The highest BCUT2D eigenvalue weighted by atomic mass is 16.3. The predicted molar refractivity (Wildman–Crippen MR) is 78.1 cm³/mol. The number of allylic oxidation sites excluding steroid dienone is 2. The van der Waals surface area contributed by atoms with E-state index < -0.39 is 5.60 Å². The van der Waals surface area contributed by atoms with Crippen molar-refractivity contribution in [2.24, 2.45) is 0 Å². The largest absolute Gasteiger partial charge is 0.390 e. The molecule has 0 aromatic carbocycles. The molecule has 0 spiro atoms. The van der Waals surface area contributed by atoms with E-state index in [0.29, 0.717) is 0 Å². The molecule has 0 heterocycles. The van der Waals surface area contributed by atoms with E-state index in [2.05, 4.69) is 0 Å². The van der Waals surface area contributed by atoms with Gasteiger partial charge >= 0.3 is 0 Å². The summed E-state index contributed by atoms with van der Waals surface area (Å²) < 4.78 is 0. The third-order valence-corrected chi connectivity index (χ3v) is 1.17. The highest BCUT2D eigenvalue weighted by Gasteiger charge is 2.13. The Hall–Kier alpha value is -1.29. The Kier molecular flexibility index (Phi) is 14.2. The van der Waals surface area contributed by atoms with Gasteiger partial charge in [0.25, 0.3) is 0 Å². The summed E-state index contributed by atoms with van der Waals surface area (Å²) in [6.07, 6.45) is 1.85. The van der Waals surface area contributed by atoms with E-state index >= 15 is 0 Å². The van der Waals surface area contributed by atoms with Gasteiger partial charge in [-0.1, -0.05) is 5.57 Å². The van der Waals surface area contributed by atoms with Crippen LogP contribution in [-0.2, 0) is 14.4 Å². The third kappa shape index (κ3) is 60.8. The van der Waals surface area contributed by atoms with Crippen molar-refractivity contribution < 1.29 is 19.5 Å². The Balaban J connectivity index is -0.000000214. The third-order valence-electron chi connectivity index (χ3n) is 1.17. The van der Waals surface area contributed by atoms with E-state index in [1.54, 1.807) is 26.8 Å². The van der Waals surface area contributed by atoms with Crippen molar-refractivity contribution in [2.75, 3.05) is 0 Å². The second-order valence-electron chi connectivity index (χ2n) is 5.43. The minimum Gasteiger partial charge on any atom is -0.390 e. The lowest BCUT2D eigenvalue weighted by Gasteiger charge is -2.13. The van der Waals surface area contributed by atoms with Crippen LogP contribution in [0.1, 0.15) is 61.8 Å². The van der Waals surface area contributed by atoms with Crippen LogP contribution in [0.3, 0.4) is 0 Å². The van der Waals surface area contributed by atoms with Gasteiger partial charge in [-0.05, 0) is 61.5 Å². The fraction of sp³-hybridized carbons (Fsp3) is 0.667. The molecular formula is C15H28O4. The van der Waals surface area contributed by atoms with Gasteiger partial charge in [0.1, 0.15) is 11.6 Å². The molecule has 0 aromatic rings. The van der Waals surface area contributed by atoms with Gasteiger partial charge in [-0.25, -0.2) is 0 Å². The van der Waals surface area contributed by atoms with Crippen molar-refractivity contribution >= 4 is 17.3 Å². The van der Waals surface area contributed by atoms with E-state index in [1.165, 1.54) is 20.8 Å². The lowest BCUT2D eigenvalue weighted by atomic mass is 10.0. The maximum absolute atomic E-state index is 10.3. The monoisotopic (exact) mass is 272 g/mol. The second-order valence-corrected chi connectivity index (χ2v) is 5.43. The van der Waals surface area contributed by atoms with Crippen molar-refractivity contribution in [1.82, 2.24) is 0 Å². The standard InChI is InChI=1S/C6H12O2.C6H10O.C3H6O/c1-5(7)4-6(2,3)8;1-5(2)4-6(3)7;1-3(2)4/h8H,4H2,1-3H3;4H,1-3H3;1-2H3. The summed E-state index contributed by atoms with van der Waals surface area (Å²) in [6.45, 7) is 13.1. The number of carbonyl (C=O) groups is 3. The summed E-state index contributed by atoms with van der Waals surface area (Å²) in [6, 6.07) is 0. The zero-order valence-electron chi connectivity index (χ0n) is 13.5. The van der Waals surface area contributed by atoms with Gasteiger partial charge in [0, 0.05) is 6.42 Å². The number of aliphatic hydroxyl groups is 1. The number of Topliss-reactive ketones (excluding diaryl/α,β-unsaturated/α-hetero) is 2. The summed E-state index contributed by atoms with van der Waals surface area (Å²) in [5.41, 5.74) is 0.235. The van der Waals surface area contributed by atoms with Crippen LogP contribution >= 0.6 is 0 Å². The first kappa shape index (κ1) is 22.9. The highest BCUT2D eigenvalue weighted by Crippen LogP contribution is 2.06. The maximum Gasteiger partial charge on any atom is 0.152 e. The summed E-state index contributed by atoms with van der Waals surface area (Å²) >= 11 is 0. The Morgan fingerprint density at radius 1 is 0.947 bits per heavy atom. The van der Waals surface area contributed by atoms with Gasteiger partial charge in [-0.15, -0.1) is 0 Å². The van der Waals surface area contributed by atoms with Crippen LogP contribution in [0.5, 0.6) is 0 Å². The van der Waals surface area contributed by atoms with Gasteiger partial charge < -0.3 is 9.90 Å². The predicted octanol–water partition coefficient (Wildman–Crippen LogP) is 2.87. The molecule has 0 radical (unpaired) electrons. The van der Waals surface area contributed by atoms with E-state index in [0.717, 1.165) is 5.57 Å². The molecule has 0 rings (SSSR count). The zero-order valence-corrected chi connectivity index (χ0v) is 13.5. The van der Waals surface area contributed by atoms with Crippen molar-refractivity contribution in [3.8, 4) is 0 Å². The van der Waals surface area contributed by atoms with Crippen LogP contribution in [-0.4, -0.2) is 28.1 Å². The van der Waals surface area contributed by atoms with E-state index in [9.17, 15) is 14.4 Å². The SMILES string of the molecule is CC(=O)C=C(C)C.CC(=O)CC(C)(C)O.CC(C)=O. The van der Waals surface area contributed by atoms with Crippen molar-refractivity contribution in [2.45, 2.75) is 67.4 Å². The summed E-state index contributed by atoms with van der Waals surface area (Å²) in [5, 5.41) is 8.97. The molecule has 0 aliphatic heterocycles. The van der Waals surface area contributed by atoms with Crippen LogP contribution in [0, 0.1) is 0 Å². The molecule has 4 nitrogen and oxygen atoms in total. The minimum atomic E-state index is -0.828. The lowest BCUT2D eigenvalue weighted by molar-refractivity contribution is -0.120. The van der Waals surface area contributed by atoms with Crippen molar-refractivity contribution in [3.05, 3.63) is 11.6 Å².